The highest BCUT2D eigenvalue weighted by Crippen LogP contribution is 2.26. The van der Waals surface area contributed by atoms with Crippen molar-refractivity contribution in [2.45, 2.75) is 65.5 Å². The molecule has 0 saturated heterocycles. The molecule has 1 aliphatic rings. The summed E-state index contributed by atoms with van der Waals surface area (Å²) >= 11 is 0. The van der Waals surface area contributed by atoms with Crippen molar-refractivity contribution in [2.24, 2.45) is 0 Å². The molecular formula is C28H39N3O3. The van der Waals surface area contributed by atoms with Crippen LogP contribution in [0.5, 0.6) is 5.75 Å². The van der Waals surface area contributed by atoms with Gasteiger partial charge in [-0.3, -0.25) is 14.5 Å². The summed E-state index contributed by atoms with van der Waals surface area (Å²) in [5.41, 5.74) is 2.55. The van der Waals surface area contributed by atoms with Crippen molar-refractivity contribution in [1.82, 2.24) is 10.2 Å². The average molecular weight is 466 g/mol. The van der Waals surface area contributed by atoms with E-state index in [1.807, 2.05) is 53.4 Å². The van der Waals surface area contributed by atoms with Gasteiger partial charge in [0.25, 0.3) is 5.91 Å². The van der Waals surface area contributed by atoms with Gasteiger partial charge in [0.1, 0.15) is 12.4 Å². The molecule has 0 aromatic heterocycles. The third-order valence-electron chi connectivity index (χ3n) is 6.34. The summed E-state index contributed by atoms with van der Waals surface area (Å²) in [5.74, 6) is 0.704. The van der Waals surface area contributed by atoms with E-state index in [0.29, 0.717) is 31.3 Å². The third kappa shape index (κ3) is 7.59. The van der Waals surface area contributed by atoms with E-state index in [1.54, 1.807) is 6.92 Å². The largest absolute Gasteiger partial charge is 0.492 e. The van der Waals surface area contributed by atoms with Crippen molar-refractivity contribution >= 4 is 17.5 Å². The number of benzene rings is 2. The topological polar surface area (TPSA) is 61.9 Å². The lowest BCUT2D eigenvalue weighted by Gasteiger charge is -2.31. The highest BCUT2D eigenvalue weighted by atomic mass is 16.5. The zero-order valence-corrected chi connectivity index (χ0v) is 20.9. The number of amides is 2. The predicted octanol–water partition coefficient (Wildman–Crippen LogP) is 5.02. The minimum Gasteiger partial charge on any atom is -0.492 e. The van der Waals surface area contributed by atoms with E-state index in [0.717, 1.165) is 42.9 Å². The summed E-state index contributed by atoms with van der Waals surface area (Å²) in [4.78, 5) is 29.7. The van der Waals surface area contributed by atoms with E-state index >= 15 is 0 Å². The van der Waals surface area contributed by atoms with Gasteiger partial charge in [-0.1, -0.05) is 37.5 Å². The zero-order valence-electron chi connectivity index (χ0n) is 20.9. The number of hydrogen-bond donors (Lipinski definition) is 1. The van der Waals surface area contributed by atoms with E-state index in [2.05, 4.69) is 24.1 Å². The fourth-order valence-electron chi connectivity index (χ4n) is 4.37. The molecule has 2 amide bonds. The summed E-state index contributed by atoms with van der Waals surface area (Å²) in [6, 6.07) is 15.7. The number of nitrogens with one attached hydrogen (secondary N) is 1. The Morgan fingerprint density at radius 2 is 1.68 bits per heavy atom. The Morgan fingerprint density at radius 3 is 2.38 bits per heavy atom. The van der Waals surface area contributed by atoms with Crippen LogP contribution in [0.1, 0.15) is 68.8 Å². The van der Waals surface area contributed by atoms with Crippen LogP contribution in [0.15, 0.2) is 48.5 Å². The van der Waals surface area contributed by atoms with Gasteiger partial charge in [-0.25, -0.2) is 0 Å². The van der Waals surface area contributed by atoms with Crippen LogP contribution in [0.3, 0.4) is 0 Å². The number of hydrogen-bond acceptors (Lipinski definition) is 4. The van der Waals surface area contributed by atoms with Gasteiger partial charge in [0, 0.05) is 37.3 Å². The van der Waals surface area contributed by atoms with Crippen LogP contribution in [0.25, 0.3) is 0 Å². The summed E-state index contributed by atoms with van der Waals surface area (Å²) in [6.07, 6.45) is 5.72. The molecule has 2 aromatic rings. The molecule has 2 aromatic carbocycles. The molecule has 0 radical (unpaired) electrons. The lowest BCUT2D eigenvalue weighted by Crippen LogP contribution is -2.35. The first-order valence-corrected chi connectivity index (χ1v) is 12.6. The van der Waals surface area contributed by atoms with Crippen LogP contribution in [-0.4, -0.2) is 49.0 Å². The van der Waals surface area contributed by atoms with Crippen molar-refractivity contribution in [3.63, 3.8) is 0 Å². The second-order valence-electron chi connectivity index (χ2n) is 9.26. The Kier molecular flexibility index (Phi) is 9.95. The van der Waals surface area contributed by atoms with E-state index < -0.39 is 0 Å². The quantitative estimate of drug-likeness (QED) is 0.609. The molecule has 0 atom stereocenters. The van der Waals surface area contributed by atoms with E-state index in [-0.39, 0.29) is 11.8 Å². The minimum atomic E-state index is -0.129. The highest BCUT2D eigenvalue weighted by molar-refractivity contribution is 5.97. The molecule has 1 N–H and O–H groups in total. The van der Waals surface area contributed by atoms with Crippen molar-refractivity contribution < 1.29 is 14.3 Å². The monoisotopic (exact) mass is 465 g/mol. The molecule has 0 aliphatic carbocycles. The van der Waals surface area contributed by atoms with Gasteiger partial charge in [-0.15, -0.1) is 0 Å². The Hall–Kier alpha value is -2.86. The molecule has 1 heterocycles. The summed E-state index contributed by atoms with van der Waals surface area (Å²) < 4.78 is 5.68. The third-order valence-corrected chi connectivity index (χ3v) is 6.34. The molecule has 0 unspecified atom stereocenters. The van der Waals surface area contributed by atoms with Crippen LogP contribution in [0, 0.1) is 0 Å². The molecule has 0 spiro atoms. The van der Waals surface area contributed by atoms with E-state index in [1.165, 1.54) is 19.3 Å². The van der Waals surface area contributed by atoms with Crippen molar-refractivity contribution in [1.29, 1.82) is 0 Å². The average Bonchev–Trinajstić information content (AvgIpc) is 2.82. The maximum absolute atomic E-state index is 12.9. The van der Waals surface area contributed by atoms with Gasteiger partial charge >= 0.3 is 0 Å². The Bertz CT molecular complexity index is 930. The van der Waals surface area contributed by atoms with Crippen LogP contribution >= 0.6 is 0 Å². The number of rotatable bonds is 6. The van der Waals surface area contributed by atoms with Gasteiger partial charge in [0.05, 0.1) is 6.54 Å². The smallest absolute Gasteiger partial charge is 0.251 e. The molecule has 6 nitrogen and oxygen atoms in total. The first-order chi connectivity index (χ1) is 16.5. The first kappa shape index (κ1) is 25.8. The second-order valence-corrected chi connectivity index (χ2v) is 9.26. The zero-order chi connectivity index (χ0) is 24.3. The predicted molar refractivity (Wildman–Crippen MR) is 137 cm³/mol. The second kappa shape index (κ2) is 13.1. The lowest BCUT2D eigenvalue weighted by molar-refractivity contribution is -0.116. The molecule has 3 rings (SSSR count). The maximum atomic E-state index is 12.9. The number of para-hydroxylation sites is 1. The van der Waals surface area contributed by atoms with Crippen molar-refractivity contribution in [3.05, 3.63) is 59.7 Å². The first-order valence-electron chi connectivity index (χ1n) is 12.6. The van der Waals surface area contributed by atoms with Crippen LogP contribution < -0.4 is 15.0 Å². The normalized spacial score (nSPS) is 15.7. The van der Waals surface area contributed by atoms with Gasteiger partial charge in [0.15, 0.2) is 0 Å². The van der Waals surface area contributed by atoms with E-state index in [9.17, 15) is 9.59 Å². The number of ether oxygens (including phenoxy) is 1. The minimum absolute atomic E-state index is 0.0460. The Morgan fingerprint density at radius 1 is 0.971 bits per heavy atom. The van der Waals surface area contributed by atoms with Gasteiger partial charge in [-0.05, 0) is 69.1 Å². The van der Waals surface area contributed by atoms with Gasteiger partial charge in [0.2, 0.25) is 5.91 Å². The maximum Gasteiger partial charge on any atom is 0.251 e. The molecule has 6 heteroatoms. The standard InChI is InChI=1S/C28H39N3O3/c1-22(2)30-17-10-5-4-6-11-18-31(23(3)32)27-15-14-24(20-25(27)21-30)28(33)29-16-19-34-26-12-8-7-9-13-26/h7-9,12-15,20,22H,4-6,10-11,16-19,21H2,1-3H3,(H,29,33). The number of anilines is 1. The number of carbonyl (C=O) groups is 2. The van der Waals surface area contributed by atoms with E-state index in [4.69, 9.17) is 4.74 Å². The number of nitrogens with zero attached hydrogens (tertiary/aromatic N) is 2. The molecule has 184 valence electrons. The van der Waals surface area contributed by atoms with Gasteiger partial charge in [-0.2, -0.15) is 0 Å². The van der Waals surface area contributed by atoms with Crippen molar-refractivity contribution in [2.75, 3.05) is 31.1 Å². The van der Waals surface area contributed by atoms with Gasteiger partial charge < -0.3 is 15.0 Å². The molecule has 0 saturated carbocycles. The molecule has 1 aliphatic heterocycles. The SMILES string of the molecule is CC(=O)N1CCCCCCCN(C(C)C)Cc2cc(C(=O)NCCOc3ccccc3)ccc21. The van der Waals surface area contributed by atoms with Crippen LogP contribution in [-0.2, 0) is 11.3 Å². The summed E-state index contributed by atoms with van der Waals surface area (Å²) in [7, 11) is 0. The molecule has 34 heavy (non-hydrogen) atoms. The number of fused-ring (bicyclic) bond motifs is 1. The molecule has 0 bridgehead atoms. The Labute approximate surface area is 204 Å². The fraction of sp³-hybridized carbons (Fsp3) is 0.500. The lowest BCUT2D eigenvalue weighted by atomic mass is 10.0. The summed E-state index contributed by atoms with van der Waals surface area (Å²) in [6.45, 7) is 9.31. The molecule has 0 fully saturated rings. The van der Waals surface area contributed by atoms with Crippen LogP contribution in [0.2, 0.25) is 0 Å². The molecular weight excluding hydrogens is 426 g/mol. The fourth-order valence-corrected chi connectivity index (χ4v) is 4.37. The number of carbonyl (C=O) groups excluding carboxylic acids is 2. The Balaban J connectivity index is 1.76. The highest BCUT2D eigenvalue weighted by Gasteiger charge is 2.20. The summed E-state index contributed by atoms with van der Waals surface area (Å²) in [5, 5.41) is 2.95. The van der Waals surface area contributed by atoms with Crippen molar-refractivity contribution in [3.8, 4) is 5.75 Å². The van der Waals surface area contributed by atoms with Crippen LogP contribution in [0.4, 0.5) is 5.69 Å².